The van der Waals surface area contributed by atoms with Gasteiger partial charge in [-0.15, -0.1) is 11.3 Å². The van der Waals surface area contributed by atoms with E-state index in [1.165, 1.54) is 29.7 Å². The molecule has 0 N–H and O–H groups in total. The van der Waals surface area contributed by atoms with E-state index in [-0.39, 0.29) is 16.9 Å². The highest BCUT2D eigenvalue weighted by molar-refractivity contribution is 7.07. The van der Waals surface area contributed by atoms with Crippen molar-refractivity contribution in [2.75, 3.05) is 0 Å². The molecule has 11 heteroatoms. The van der Waals surface area contributed by atoms with Gasteiger partial charge in [0.1, 0.15) is 5.69 Å². The van der Waals surface area contributed by atoms with E-state index in [9.17, 15) is 14.9 Å². The maximum Gasteiger partial charge on any atom is 0.297 e. The summed E-state index contributed by atoms with van der Waals surface area (Å²) in [5, 5.41) is 17.5. The molecule has 0 amide bonds. The van der Waals surface area contributed by atoms with Gasteiger partial charge in [0.25, 0.3) is 11.2 Å². The predicted molar refractivity (Wildman–Crippen MR) is 137 cm³/mol. The van der Waals surface area contributed by atoms with Crippen LogP contribution in [0.25, 0.3) is 17.1 Å². The summed E-state index contributed by atoms with van der Waals surface area (Å²) in [7, 11) is 1.81. The Balaban J connectivity index is 1.66. The molecule has 0 spiro atoms. The first kappa shape index (κ1) is 23.0. The molecule has 0 aliphatic rings. The average Bonchev–Trinajstić information content (AvgIpc) is 3.60. The number of benzene rings is 2. The lowest BCUT2D eigenvalue weighted by molar-refractivity contribution is -0.384. The summed E-state index contributed by atoms with van der Waals surface area (Å²) >= 11 is 1.30. The van der Waals surface area contributed by atoms with Crippen molar-refractivity contribution >= 4 is 28.9 Å². The topological polar surface area (TPSA) is 113 Å². The van der Waals surface area contributed by atoms with Crippen molar-refractivity contribution in [3.8, 4) is 17.1 Å². The largest absolute Gasteiger partial charge is 0.463 e. The molecule has 0 atom stereocenters. The van der Waals surface area contributed by atoms with E-state index in [2.05, 4.69) is 5.10 Å². The van der Waals surface area contributed by atoms with Crippen molar-refractivity contribution < 1.29 is 9.34 Å². The van der Waals surface area contributed by atoms with Gasteiger partial charge in [0, 0.05) is 30.1 Å². The first-order chi connectivity index (χ1) is 17.4. The van der Waals surface area contributed by atoms with Crippen LogP contribution in [0.2, 0.25) is 0 Å². The molecule has 0 bridgehead atoms. The molecular weight excluding hydrogens is 480 g/mol. The van der Waals surface area contributed by atoms with Crippen LogP contribution in [0.15, 0.2) is 97.7 Å². The summed E-state index contributed by atoms with van der Waals surface area (Å²) < 4.78 is 10.4. The molecule has 0 aliphatic heterocycles. The van der Waals surface area contributed by atoms with Gasteiger partial charge in [-0.2, -0.15) is 5.10 Å². The lowest BCUT2D eigenvalue weighted by Gasteiger charge is -2.07. The second kappa shape index (κ2) is 9.47. The molecule has 0 saturated heterocycles. The molecule has 2 aromatic carbocycles. The Morgan fingerprint density at radius 1 is 1.08 bits per heavy atom. The highest BCUT2D eigenvalue weighted by Crippen LogP contribution is 2.22. The Kier molecular flexibility index (Phi) is 6.05. The van der Waals surface area contributed by atoms with Crippen molar-refractivity contribution in [2.24, 2.45) is 17.1 Å². The van der Waals surface area contributed by atoms with Crippen molar-refractivity contribution in [3.05, 3.63) is 115 Å². The molecule has 3 aromatic heterocycles. The number of nitrogens with zero attached hydrogens (tertiary/aromatic N) is 6. The molecule has 0 unspecified atom stereocenters. The number of furan rings is 1. The second-order valence-electron chi connectivity index (χ2n) is 7.81. The average molecular weight is 501 g/mol. The molecule has 0 fully saturated rings. The standard InChI is InChI=1S/C25H20N6O4S/c1-17-23(24(32)30(28(17)2)19-9-4-3-5-10-19)27-25-29(21(16-36-25)22-12-7-13-35-22)26-15-18-8-6-11-20(14-18)31(33)34/h3-16H,1-2H3. The predicted octanol–water partition coefficient (Wildman–Crippen LogP) is 4.63. The fourth-order valence-electron chi connectivity index (χ4n) is 3.71. The molecule has 36 heavy (non-hydrogen) atoms. The van der Waals surface area contributed by atoms with Gasteiger partial charge < -0.3 is 4.42 Å². The number of thiazole rings is 1. The number of hydrogen-bond donors (Lipinski definition) is 0. The third kappa shape index (κ3) is 4.23. The molecule has 180 valence electrons. The molecule has 3 heterocycles. The Morgan fingerprint density at radius 2 is 1.89 bits per heavy atom. The maximum absolute atomic E-state index is 13.4. The quantitative estimate of drug-likeness (QED) is 0.192. The fraction of sp³-hybridized carbons (Fsp3) is 0.0800. The van der Waals surface area contributed by atoms with Crippen molar-refractivity contribution in [3.63, 3.8) is 0 Å². The van der Waals surface area contributed by atoms with Gasteiger partial charge >= 0.3 is 0 Å². The van der Waals surface area contributed by atoms with E-state index in [4.69, 9.17) is 9.41 Å². The Bertz CT molecular complexity index is 1710. The van der Waals surface area contributed by atoms with Crippen LogP contribution in [0.1, 0.15) is 11.3 Å². The molecule has 0 saturated carbocycles. The Hall–Kier alpha value is -4.77. The third-order valence-corrected chi connectivity index (χ3v) is 6.41. The van der Waals surface area contributed by atoms with Crippen LogP contribution in [0, 0.1) is 17.0 Å². The van der Waals surface area contributed by atoms with E-state index in [1.54, 1.807) is 51.6 Å². The van der Waals surface area contributed by atoms with Crippen molar-refractivity contribution in [1.82, 2.24) is 14.0 Å². The lowest BCUT2D eigenvalue weighted by Crippen LogP contribution is -2.19. The van der Waals surface area contributed by atoms with Crippen LogP contribution in [-0.4, -0.2) is 25.2 Å². The number of nitro benzene ring substituents is 1. The van der Waals surface area contributed by atoms with Crippen LogP contribution in [0.4, 0.5) is 11.4 Å². The van der Waals surface area contributed by atoms with Crippen LogP contribution < -0.4 is 10.4 Å². The van der Waals surface area contributed by atoms with Crippen LogP contribution in [0.5, 0.6) is 0 Å². The van der Waals surface area contributed by atoms with Gasteiger partial charge in [-0.3, -0.25) is 19.6 Å². The Labute approximate surface area is 208 Å². The first-order valence-electron chi connectivity index (χ1n) is 10.9. The number of hydrogen-bond acceptors (Lipinski definition) is 7. The number of rotatable bonds is 6. The third-order valence-electron chi connectivity index (χ3n) is 5.59. The van der Waals surface area contributed by atoms with Crippen molar-refractivity contribution in [1.29, 1.82) is 0 Å². The van der Waals surface area contributed by atoms with Gasteiger partial charge in [0.15, 0.2) is 11.4 Å². The van der Waals surface area contributed by atoms with E-state index in [1.807, 2.05) is 42.6 Å². The lowest BCUT2D eigenvalue weighted by atomic mass is 10.2. The molecular formula is C25H20N6O4S. The minimum Gasteiger partial charge on any atom is -0.463 e. The van der Waals surface area contributed by atoms with E-state index in [0.717, 1.165) is 5.69 Å². The number of para-hydroxylation sites is 1. The van der Waals surface area contributed by atoms with Gasteiger partial charge in [-0.05, 0) is 31.2 Å². The van der Waals surface area contributed by atoms with Crippen LogP contribution in [-0.2, 0) is 7.05 Å². The maximum atomic E-state index is 13.4. The van der Waals surface area contributed by atoms with E-state index >= 15 is 0 Å². The van der Waals surface area contributed by atoms with Crippen LogP contribution >= 0.6 is 11.3 Å². The summed E-state index contributed by atoms with van der Waals surface area (Å²) in [6, 6.07) is 19.0. The normalized spacial score (nSPS) is 12.0. The molecule has 5 rings (SSSR count). The number of aromatic nitrogens is 3. The van der Waals surface area contributed by atoms with Gasteiger partial charge in [-0.25, -0.2) is 14.4 Å². The highest BCUT2D eigenvalue weighted by atomic mass is 32.1. The smallest absolute Gasteiger partial charge is 0.297 e. The second-order valence-corrected chi connectivity index (χ2v) is 8.65. The fourth-order valence-corrected chi connectivity index (χ4v) is 4.53. The minimum atomic E-state index is -0.458. The van der Waals surface area contributed by atoms with Gasteiger partial charge in [-0.1, -0.05) is 30.3 Å². The van der Waals surface area contributed by atoms with Gasteiger partial charge in [0.05, 0.1) is 28.8 Å². The minimum absolute atomic E-state index is 0.0354. The van der Waals surface area contributed by atoms with Crippen LogP contribution in [0.3, 0.4) is 0 Å². The number of non-ortho nitro benzene ring substituents is 1. The zero-order valence-corrected chi connectivity index (χ0v) is 20.1. The zero-order chi connectivity index (χ0) is 25.2. The SMILES string of the molecule is Cc1c(N=c2scc(-c3ccco3)n2N=Cc2cccc([N+](=O)[O-])c2)c(=O)n(-c2ccccc2)n1C. The monoisotopic (exact) mass is 500 g/mol. The summed E-state index contributed by atoms with van der Waals surface area (Å²) in [6.07, 6.45) is 3.06. The zero-order valence-electron chi connectivity index (χ0n) is 19.3. The first-order valence-corrected chi connectivity index (χ1v) is 11.7. The molecule has 0 aliphatic carbocycles. The Morgan fingerprint density at radius 3 is 2.61 bits per heavy atom. The van der Waals surface area contributed by atoms with Crippen molar-refractivity contribution in [2.45, 2.75) is 6.92 Å². The van der Waals surface area contributed by atoms with E-state index in [0.29, 0.717) is 27.5 Å². The summed E-state index contributed by atoms with van der Waals surface area (Å²) in [5.74, 6) is 0.565. The molecule has 0 radical (unpaired) electrons. The summed E-state index contributed by atoms with van der Waals surface area (Å²) in [6.45, 7) is 1.83. The number of nitro groups is 1. The van der Waals surface area contributed by atoms with E-state index < -0.39 is 4.92 Å². The summed E-state index contributed by atoms with van der Waals surface area (Å²) in [4.78, 5) is 29.2. The molecule has 10 nitrogen and oxygen atoms in total. The molecule has 5 aromatic rings. The van der Waals surface area contributed by atoms with Gasteiger partial charge in [0.2, 0.25) is 4.80 Å². The summed E-state index contributed by atoms with van der Waals surface area (Å²) in [5.41, 5.74) is 2.58. The highest BCUT2D eigenvalue weighted by Gasteiger charge is 2.17.